The van der Waals surface area contributed by atoms with Gasteiger partial charge in [0.1, 0.15) is 0 Å². The highest BCUT2D eigenvalue weighted by molar-refractivity contribution is 5.79. The number of anilines is 1. The minimum Gasteiger partial charge on any atom is -0.378 e. The lowest BCUT2D eigenvalue weighted by Crippen LogP contribution is -2.40. The number of carbonyl (C=O) groups excluding carboxylic acids is 1. The Morgan fingerprint density at radius 1 is 1.32 bits per heavy atom. The van der Waals surface area contributed by atoms with Crippen LogP contribution in [0.15, 0.2) is 24.3 Å². The molecule has 0 saturated carbocycles. The van der Waals surface area contributed by atoms with Gasteiger partial charge in [0.05, 0.1) is 19.1 Å². The maximum atomic E-state index is 12.4. The van der Waals surface area contributed by atoms with Gasteiger partial charge < -0.3 is 20.3 Å². The lowest BCUT2D eigenvalue weighted by molar-refractivity contribution is -0.134. The summed E-state index contributed by atoms with van der Waals surface area (Å²) in [6, 6.07) is 8.14. The first-order chi connectivity index (χ1) is 10.5. The van der Waals surface area contributed by atoms with Crippen molar-refractivity contribution in [3.63, 3.8) is 0 Å². The van der Waals surface area contributed by atoms with Gasteiger partial charge in [0.15, 0.2) is 0 Å². The van der Waals surface area contributed by atoms with Crippen LogP contribution >= 0.6 is 0 Å². The molecule has 0 radical (unpaired) electrons. The van der Waals surface area contributed by atoms with Gasteiger partial charge in [-0.25, -0.2) is 0 Å². The number of amides is 1. The molecule has 0 aliphatic carbocycles. The van der Waals surface area contributed by atoms with Crippen molar-refractivity contribution in [2.24, 2.45) is 11.7 Å². The molecule has 1 fully saturated rings. The number of hydrogen-bond acceptors (Lipinski definition) is 4. The van der Waals surface area contributed by atoms with Gasteiger partial charge in [-0.1, -0.05) is 25.1 Å². The highest BCUT2D eigenvalue weighted by Crippen LogP contribution is 2.23. The highest BCUT2D eigenvalue weighted by atomic mass is 16.5. The zero-order valence-corrected chi connectivity index (χ0v) is 13.8. The van der Waals surface area contributed by atoms with E-state index in [1.54, 1.807) is 4.90 Å². The standard InChI is InChI=1S/C17H27N3O2/c1-13(14(2)18)17(21)19(3)12-15-6-4-5-7-16(15)20-8-10-22-11-9-20/h4-7,13-14H,8-12,18H2,1-3H3. The number of morpholine rings is 1. The molecule has 2 atom stereocenters. The lowest BCUT2D eigenvalue weighted by atomic mass is 10.0. The van der Waals surface area contributed by atoms with Gasteiger partial charge in [-0.05, 0) is 18.6 Å². The Hall–Kier alpha value is -1.59. The van der Waals surface area contributed by atoms with E-state index < -0.39 is 0 Å². The van der Waals surface area contributed by atoms with Crippen LogP contribution in [-0.4, -0.2) is 50.2 Å². The number of nitrogens with two attached hydrogens (primary N) is 1. The largest absolute Gasteiger partial charge is 0.378 e. The number of rotatable bonds is 5. The van der Waals surface area contributed by atoms with E-state index in [2.05, 4.69) is 17.0 Å². The van der Waals surface area contributed by atoms with E-state index in [-0.39, 0.29) is 17.9 Å². The predicted molar refractivity (Wildman–Crippen MR) is 88.8 cm³/mol. The third-order valence-corrected chi connectivity index (χ3v) is 4.31. The van der Waals surface area contributed by atoms with Crippen LogP contribution in [0.5, 0.6) is 0 Å². The molecule has 0 bridgehead atoms. The van der Waals surface area contributed by atoms with Crippen molar-refractivity contribution in [1.29, 1.82) is 0 Å². The Labute approximate surface area is 133 Å². The van der Waals surface area contributed by atoms with Crippen LogP contribution in [-0.2, 0) is 16.1 Å². The Morgan fingerprint density at radius 2 is 1.95 bits per heavy atom. The molecular weight excluding hydrogens is 278 g/mol. The summed E-state index contributed by atoms with van der Waals surface area (Å²) in [5.41, 5.74) is 8.20. The summed E-state index contributed by atoms with van der Waals surface area (Å²) >= 11 is 0. The first-order valence-corrected chi connectivity index (χ1v) is 7.92. The summed E-state index contributed by atoms with van der Waals surface area (Å²) in [5.74, 6) is -0.0765. The Morgan fingerprint density at radius 3 is 2.59 bits per heavy atom. The van der Waals surface area contributed by atoms with Crippen LogP contribution in [0.1, 0.15) is 19.4 Å². The van der Waals surface area contributed by atoms with Crippen molar-refractivity contribution < 1.29 is 9.53 Å². The van der Waals surface area contributed by atoms with E-state index in [1.165, 1.54) is 5.69 Å². The molecule has 1 aromatic carbocycles. The molecule has 1 amide bonds. The van der Waals surface area contributed by atoms with Crippen molar-refractivity contribution in [2.75, 3.05) is 38.3 Å². The molecule has 1 heterocycles. The minimum atomic E-state index is -0.166. The molecule has 1 aromatic rings. The van der Waals surface area contributed by atoms with E-state index in [1.807, 2.05) is 33.0 Å². The summed E-state index contributed by atoms with van der Waals surface area (Å²) in [6.07, 6.45) is 0. The second-order valence-electron chi connectivity index (χ2n) is 6.07. The minimum absolute atomic E-state index is 0.0896. The van der Waals surface area contributed by atoms with Gasteiger partial charge in [0.25, 0.3) is 0 Å². The molecule has 0 aromatic heterocycles. The Kier molecular flexibility index (Phi) is 5.80. The molecule has 1 aliphatic heterocycles. The van der Waals surface area contributed by atoms with Crippen LogP contribution in [0.2, 0.25) is 0 Å². The summed E-state index contributed by atoms with van der Waals surface area (Å²) in [6.45, 7) is 7.66. The highest BCUT2D eigenvalue weighted by Gasteiger charge is 2.22. The maximum Gasteiger partial charge on any atom is 0.226 e. The molecule has 22 heavy (non-hydrogen) atoms. The SMILES string of the molecule is CC(N)C(C)C(=O)N(C)Cc1ccccc1N1CCOCC1. The van der Waals surface area contributed by atoms with E-state index in [0.29, 0.717) is 6.54 Å². The maximum absolute atomic E-state index is 12.4. The number of ether oxygens (including phenoxy) is 1. The number of carbonyl (C=O) groups is 1. The smallest absolute Gasteiger partial charge is 0.226 e. The third kappa shape index (κ3) is 3.99. The molecule has 5 heteroatoms. The Balaban J connectivity index is 2.10. The summed E-state index contributed by atoms with van der Waals surface area (Å²) in [5, 5.41) is 0. The number of nitrogens with zero attached hydrogens (tertiary/aromatic N) is 2. The zero-order chi connectivity index (χ0) is 16.1. The fourth-order valence-electron chi connectivity index (χ4n) is 2.66. The molecule has 2 rings (SSSR count). The van der Waals surface area contributed by atoms with Crippen molar-refractivity contribution in [1.82, 2.24) is 4.90 Å². The first-order valence-electron chi connectivity index (χ1n) is 7.92. The van der Waals surface area contributed by atoms with E-state index in [9.17, 15) is 4.79 Å². The summed E-state index contributed by atoms with van der Waals surface area (Å²) in [4.78, 5) is 16.5. The molecule has 2 N–H and O–H groups in total. The number of hydrogen-bond donors (Lipinski definition) is 1. The van der Waals surface area contributed by atoms with E-state index in [0.717, 1.165) is 31.9 Å². The van der Waals surface area contributed by atoms with Crippen LogP contribution in [0.3, 0.4) is 0 Å². The lowest BCUT2D eigenvalue weighted by Gasteiger charge is -2.32. The molecule has 1 aliphatic rings. The quantitative estimate of drug-likeness (QED) is 0.895. The van der Waals surface area contributed by atoms with Gasteiger partial charge >= 0.3 is 0 Å². The number of benzene rings is 1. The molecule has 2 unspecified atom stereocenters. The summed E-state index contributed by atoms with van der Waals surface area (Å²) < 4.78 is 5.42. The number of para-hydroxylation sites is 1. The average Bonchev–Trinajstić information content (AvgIpc) is 2.54. The van der Waals surface area contributed by atoms with Crippen molar-refractivity contribution >= 4 is 11.6 Å². The second-order valence-corrected chi connectivity index (χ2v) is 6.07. The van der Waals surface area contributed by atoms with E-state index in [4.69, 9.17) is 10.5 Å². The fraction of sp³-hybridized carbons (Fsp3) is 0.588. The topological polar surface area (TPSA) is 58.8 Å². The van der Waals surface area contributed by atoms with Gasteiger partial charge in [-0.3, -0.25) is 4.79 Å². The first kappa shape index (κ1) is 16.8. The molecular formula is C17H27N3O2. The normalized spacial score (nSPS) is 17.9. The summed E-state index contributed by atoms with van der Waals surface area (Å²) in [7, 11) is 1.84. The zero-order valence-electron chi connectivity index (χ0n) is 13.8. The van der Waals surface area contributed by atoms with Crippen molar-refractivity contribution in [3.8, 4) is 0 Å². The van der Waals surface area contributed by atoms with Gasteiger partial charge in [0.2, 0.25) is 5.91 Å². The van der Waals surface area contributed by atoms with Crippen LogP contribution < -0.4 is 10.6 Å². The molecule has 5 nitrogen and oxygen atoms in total. The molecule has 122 valence electrons. The fourth-order valence-corrected chi connectivity index (χ4v) is 2.66. The van der Waals surface area contributed by atoms with Gasteiger partial charge in [0, 0.05) is 38.4 Å². The molecule has 1 saturated heterocycles. The van der Waals surface area contributed by atoms with Crippen molar-refractivity contribution in [2.45, 2.75) is 26.4 Å². The second kappa shape index (κ2) is 7.61. The van der Waals surface area contributed by atoms with Crippen LogP contribution in [0, 0.1) is 5.92 Å². The van der Waals surface area contributed by atoms with Crippen LogP contribution in [0.25, 0.3) is 0 Å². The predicted octanol–water partition coefficient (Wildman–Crippen LogP) is 1.46. The molecule has 0 spiro atoms. The Bertz CT molecular complexity index is 498. The van der Waals surface area contributed by atoms with Crippen LogP contribution in [0.4, 0.5) is 5.69 Å². The van der Waals surface area contributed by atoms with Crippen molar-refractivity contribution in [3.05, 3.63) is 29.8 Å². The third-order valence-electron chi connectivity index (χ3n) is 4.31. The monoisotopic (exact) mass is 305 g/mol. The van der Waals surface area contributed by atoms with Gasteiger partial charge in [-0.2, -0.15) is 0 Å². The van der Waals surface area contributed by atoms with Gasteiger partial charge in [-0.15, -0.1) is 0 Å². The average molecular weight is 305 g/mol. The van der Waals surface area contributed by atoms with E-state index >= 15 is 0 Å².